The van der Waals surface area contributed by atoms with Crippen molar-refractivity contribution in [3.63, 3.8) is 0 Å². The number of hydrogen-bond donors (Lipinski definition) is 1. The number of halogens is 4. The van der Waals surface area contributed by atoms with E-state index in [9.17, 15) is 31.2 Å². The molecule has 4 aromatic carbocycles. The van der Waals surface area contributed by atoms with Gasteiger partial charge in [0.05, 0.1) is 16.1 Å². The van der Waals surface area contributed by atoms with Gasteiger partial charge in [0.1, 0.15) is 12.6 Å². The molecule has 7 nitrogen and oxygen atoms in total. The molecule has 0 bridgehead atoms. The molecule has 1 N–H and O–H groups in total. The van der Waals surface area contributed by atoms with Crippen molar-refractivity contribution >= 4 is 39.1 Å². The van der Waals surface area contributed by atoms with Crippen LogP contribution >= 0.6 is 11.6 Å². The predicted molar refractivity (Wildman–Crippen MR) is 181 cm³/mol. The molecule has 1 atom stereocenters. The van der Waals surface area contributed by atoms with E-state index in [1.54, 1.807) is 88.4 Å². The molecule has 0 unspecified atom stereocenters. The summed E-state index contributed by atoms with van der Waals surface area (Å²) in [6.07, 6.45) is -4.71. The van der Waals surface area contributed by atoms with E-state index in [4.69, 9.17) is 11.6 Å². The minimum Gasteiger partial charge on any atom is -0.350 e. The number of benzene rings is 4. The highest BCUT2D eigenvalue weighted by molar-refractivity contribution is 7.92. The molecule has 0 radical (unpaired) electrons. The number of amides is 2. The lowest BCUT2D eigenvalue weighted by molar-refractivity contribution is -0.140. The zero-order valence-corrected chi connectivity index (χ0v) is 28.5. The second-order valence-electron chi connectivity index (χ2n) is 12.4. The summed E-state index contributed by atoms with van der Waals surface area (Å²) < 4.78 is 70.3. The number of anilines is 1. The standard InChI is InChI=1S/C36H37ClF3N3O4S/c1-25-17-19-30(20-18-25)48(46,47)43(29-15-10-14-28(22-29)36(38,39)40)24-33(44)42(23-27-13-8-9-16-31(27)37)32(34(45)41-35(2,3)4)21-26-11-6-5-7-12-26/h5-20,22,32H,21,23-24H2,1-4H3,(H,41,45)/t32-/m0/s1. The Morgan fingerprint density at radius 3 is 2.08 bits per heavy atom. The van der Waals surface area contributed by atoms with Crippen molar-refractivity contribution in [2.75, 3.05) is 10.8 Å². The molecule has 0 heterocycles. The van der Waals surface area contributed by atoms with Gasteiger partial charge in [0.2, 0.25) is 11.8 Å². The van der Waals surface area contributed by atoms with Crippen molar-refractivity contribution < 1.29 is 31.2 Å². The number of carbonyl (C=O) groups is 2. The van der Waals surface area contributed by atoms with Crippen LogP contribution in [-0.2, 0) is 38.8 Å². The van der Waals surface area contributed by atoms with Crippen molar-refractivity contribution in [3.05, 3.63) is 130 Å². The Morgan fingerprint density at radius 1 is 0.854 bits per heavy atom. The van der Waals surface area contributed by atoms with Crippen LogP contribution in [0.1, 0.15) is 43.0 Å². The van der Waals surface area contributed by atoms with Crippen LogP contribution in [0.15, 0.2) is 108 Å². The number of alkyl halides is 3. The normalized spacial score (nSPS) is 12.7. The SMILES string of the molecule is Cc1ccc(S(=O)(=O)N(CC(=O)N(Cc2ccccc2Cl)[C@@H](Cc2ccccc2)C(=O)NC(C)(C)C)c2cccc(C(F)(F)F)c2)cc1. The summed E-state index contributed by atoms with van der Waals surface area (Å²) >= 11 is 6.50. The van der Waals surface area contributed by atoms with E-state index in [-0.39, 0.29) is 23.5 Å². The van der Waals surface area contributed by atoms with E-state index in [2.05, 4.69) is 5.32 Å². The highest BCUT2D eigenvalue weighted by atomic mass is 35.5. The zero-order valence-electron chi connectivity index (χ0n) is 27.0. The molecule has 0 aliphatic heterocycles. The van der Waals surface area contributed by atoms with E-state index in [1.165, 1.54) is 23.1 Å². The van der Waals surface area contributed by atoms with Gasteiger partial charge < -0.3 is 10.2 Å². The molecule has 0 saturated carbocycles. The Hall–Kier alpha value is -4.35. The monoisotopic (exact) mass is 699 g/mol. The maximum atomic E-state index is 14.5. The number of nitrogens with zero attached hydrogens (tertiary/aromatic N) is 2. The molecule has 254 valence electrons. The molecule has 4 aromatic rings. The summed E-state index contributed by atoms with van der Waals surface area (Å²) in [5.74, 6) is -1.33. The molecule has 0 spiro atoms. The topological polar surface area (TPSA) is 86.8 Å². The minimum absolute atomic E-state index is 0.0627. The van der Waals surface area contributed by atoms with E-state index < -0.39 is 51.7 Å². The first kappa shape index (κ1) is 36.5. The molecule has 0 aliphatic carbocycles. The lowest BCUT2D eigenvalue weighted by atomic mass is 10.0. The van der Waals surface area contributed by atoms with Crippen LogP contribution in [0, 0.1) is 6.92 Å². The minimum atomic E-state index is -4.78. The number of aryl methyl sites for hydroxylation is 1. The molecule has 12 heteroatoms. The van der Waals surface area contributed by atoms with Crippen molar-refractivity contribution in [1.82, 2.24) is 10.2 Å². The van der Waals surface area contributed by atoms with Gasteiger partial charge in [-0.2, -0.15) is 13.2 Å². The lowest BCUT2D eigenvalue weighted by Crippen LogP contribution is -2.56. The van der Waals surface area contributed by atoms with Crippen molar-refractivity contribution in [2.24, 2.45) is 0 Å². The van der Waals surface area contributed by atoms with Crippen LogP contribution < -0.4 is 9.62 Å². The summed E-state index contributed by atoms with van der Waals surface area (Å²) in [5, 5.41) is 3.24. The van der Waals surface area contributed by atoms with Gasteiger partial charge in [-0.05, 0) is 75.2 Å². The molecule has 0 fully saturated rings. The molecule has 0 aromatic heterocycles. The third-order valence-corrected chi connectivity index (χ3v) is 9.57. The fraction of sp³-hybridized carbons (Fsp3) is 0.278. The summed E-state index contributed by atoms with van der Waals surface area (Å²) in [7, 11) is -4.58. The van der Waals surface area contributed by atoms with E-state index >= 15 is 0 Å². The maximum Gasteiger partial charge on any atom is 0.416 e. The van der Waals surface area contributed by atoms with Gasteiger partial charge in [0.25, 0.3) is 10.0 Å². The molecule has 0 aliphatic rings. The molecule has 2 amide bonds. The second-order valence-corrected chi connectivity index (χ2v) is 14.7. The molecule has 48 heavy (non-hydrogen) atoms. The van der Waals surface area contributed by atoms with E-state index in [1.807, 2.05) is 6.07 Å². The summed E-state index contributed by atoms with van der Waals surface area (Å²) in [6.45, 7) is 6.02. The number of hydrogen-bond acceptors (Lipinski definition) is 4. The first-order valence-corrected chi connectivity index (χ1v) is 16.9. The quantitative estimate of drug-likeness (QED) is 0.177. The van der Waals surface area contributed by atoms with Crippen LogP contribution in [0.2, 0.25) is 5.02 Å². The van der Waals surface area contributed by atoms with Crippen LogP contribution in [0.25, 0.3) is 0 Å². The van der Waals surface area contributed by atoms with Gasteiger partial charge in [-0.1, -0.05) is 83.9 Å². The summed E-state index contributed by atoms with van der Waals surface area (Å²) in [4.78, 5) is 29.5. The molecule has 4 rings (SSSR count). The van der Waals surface area contributed by atoms with Crippen molar-refractivity contribution in [3.8, 4) is 0 Å². The lowest BCUT2D eigenvalue weighted by Gasteiger charge is -2.35. The van der Waals surface area contributed by atoms with Crippen molar-refractivity contribution in [1.29, 1.82) is 0 Å². The molecular weight excluding hydrogens is 663 g/mol. The summed E-state index contributed by atoms with van der Waals surface area (Å²) in [6, 6.07) is 24.1. The average Bonchev–Trinajstić information content (AvgIpc) is 3.01. The van der Waals surface area contributed by atoms with Gasteiger partial charge in [0.15, 0.2) is 0 Å². The van der Waals surface area contributed by atoms with Crippen LogP contribution in [0.4, 0.5) is 18.9 Å². The van der Waals surface area contributed by atoms with Crippen LogP contribution in [0.5, 0.6) is 0 Å². The van der Waals surface area contributed by atoms with E-state index in [0.717, 1.165) is 23.3 Å². The first-order chi connectivity index (χ1) is 22.5. The third kappa shape index (κ3) is 9.38. The average molecular weight is 700 g/mol. The van der Waals surface area contributed by atoms with Gasteiger partial charge in [-0.3, -0.25) is 13.9 Å². The van der Waals surface area contributed by atoms with E-state index in [0.29, 0.717) is 21.0 Å². The fourth-order valence-corrected chi connectivity index (χ4v) is 6.62. The predicted octanol–water partition coefficient (Wildman–Crippen LogP) is 7.42. The second kappa shape index (κ2) is 14.8. The largest absolute Gasteiger partial charge is 0.416 e. The smallest absolute Gasteiger partial charge is 0.350 e. The molecule has 0 saturated heterocycles. The number of sulfonamides is 1. The Balaban J connectivity index is 1.87. The summed E-state index contributed by atoms with van der Waals surface area (Å²) in [5.41, 5.74) is -0.169. The van der Waals surface area contributed by atoms with Gasteiger partial charge >= 0.3 is 6.18 Å². The van der Waals surface area contributed by atoms with Crippen LogP contribution in [-0.4, -0.2) is 43.3 Å². The Bertz CT molecular complexity index is 1840. The van der Waals surface area contributed by atoms with Crippen molar-refractivity contribution in [2.45, 2.75) is 63.3 Å². The maximum absolute atomic E-state index is 14.5. The molecular formula is C36H37ClF3N3O4S. The zero-order chi connectivity index (χ0) is 35.3. The van der Waals surface area contributed by atoms with Crippen LogP contribution in [0.3, 0.4) is 0 Å². The van der Waals surface area contributed by atoms with Gasteiger partial charge in [-0.25, -0.2) is 8.42 Å². The first-order valence-electron chi connectivity index (χ1n) is 15.1. The van der Waals surface area contributed by atoms with Gasteiger partial charge in [-0.15, -0.1) is 0 Å². The number of nitrogens with one attached hydrogen (secondary N) is 1. The highest BCUT2D eigenvalue weighted by Crippen LogP contribution is 2.34. The third-order valence-electron chi connectivity index (χ3n) is 7.42. The highest BCUT2D eigenvalue weighted by Gasteiger charge is 2.37. The van der Waals surface area contributed by atoms with Gasteiger partial charge in [0, 0.05) is 23.5 Å². The Morgan fingerprint density at radius 2 is 1.48 bits per heavy atom. The number of carbonyl (C=O) groups excluding carboxylic acids is 2. The fourth-order valence-electron chi connectivity index (χ4n) is 5.02. The number of rotatable bonds is 11. The Labute approximate surface area is 284 Å². The Kier molecular flexibility index (Phi) is 11.3.